The Bertz CT molecular complexity index is 542. The number of nitrogens with zero attached hydrogens (tertiary/aromatic N) is 1. The van der Waals surface area contributed by atoms with Crippen molar-refractivity contribution in [3.05, 3.63) is 38.8 Å². The van der Waals surface area contributed by atoms with Crippen LogP contribution in [0.15, 0.2) is 28.3 Å². The second-order valence-electron chi connectivity index (χ2n) is 3.53. The van der Waals surface area contributed by atoms with Crippen molar-refractivity contribution >= 4 is 52.3 Å². The van der Waals surface area contributed by atoms with E-state index in [0.717, 1.165) is 10.5 Å². The van der Waals surface area contributed by atoms with E-state index < -0.39 is 11.8 Å². The number of hydrogen-bond donors (Lipinski definition) is 0. The van der Waals surface area contributed by atoms with Crippen LogP contribution in [0.1, 0.15) is 5.56 Å². The van der Waals surface area contributed by atoms with Crippen LogP contribution >= 0.6 is 34.8 Å². The average molecular weight is 291 g/mol. The lowest BCUT2D eigenvalue weighted by Gasteiger charge is -2.15. The lowest BCUT2D eigenvalue weighted by molar-refractivity contribution is -0.120. The molecule has 1 heterocycles. The fraction of sp³-hybridized carbons (Fsp3) is 0.0909. The van der Waals surface area contributed by atoms with Crippen molar-refractivity contribution < 1.29 is 9.59 Å². The van der Waals surface area contributed by atoms with Crippen LogP contribution < -0.4 is 4.90 Å². The first-order valence-electron chi connectivity index (χ1n) is 4.63. The van der Waals surface area contributed by atoms with Gasteiger partial charge >= 0.3 is 0 Å². The van der Waals surface area contributed by atoms with Crippen LogP contribution in [0.25, 0.3) is 0 Å². The summed E-state index contributed by atoms with van der Waals surface area (Å²) in [7, 11) is 0. The minimum atomic E-state index is -0.660. The third-order valence-electron chi connectivity index (χ3n) is 2.32. The van der Waals surface area contributed by atoms with Gasteiger partial charge in [-0.25, -0.2) is 4.90 Å². The number of aryl methyl sites for hydroxylation is 1. The van der Waals surface area contributed by atoms with Crippen LogP contribution in [0.5, 0.6) is 0 Å². The Morgan fingerprint density at radius 3 is 2.00 bits per heavy atom. The molecule has 0 radical (unpaired) electrons. The molecule has 0 saturated carbocycles. The van der Waals surface area contributed by atoms with E-state index in [0.29, 0.717) is 5.02 Å². The van der Waals surface area contributed by atoms with Crippen molar-refractivity contribution in [1.29, 1.82) is 0 Å². The SMILES string of the molecule is Cc1ccc(N2C(=O)C(Cl)=C(Cl)C2=O)c(Cl)c1. The van der Waals surface area contributed by atoms with Gasteiger partial charge in [-0.2, -0.15) is 0 Å². The molecular weight excluding hydrogens is 284 g/mol. The number of hydrogen-bond acceptors (Lipinski definition) is 2. The molecule has 1 aromatic rings. The molecule has 0 spiro atoms. The summed E-state index contributed by atoms with van der Waals surface area (Å²) < 4.78 is 0. The molecule has 0 unspecified atom stereocenters. The van der Waals surface area contributed by atoms with Crippen LogP contribution in [0.2, 0.25) is 5.02 Å². The number of carbonyl (C=O) groups is 2. The second-order valence-corrected chi connectivity index (χ2v) is 4.69. The number of rotatable bonds is 1. The van der Waals surface area contributed by atoms with Gasteiger partial charge in [0.15, 0.2) is 0 Å². The Morgan fingerprint density at radius 2 is 1.53 bits per heavy atom. The molecule has 88 valence electrons. The number of carbonyl (C=O) groups excluding carboxylic acids is 2. The van der Waals surface area contributed by atoms with Gasteiger partial charge < -0.3 is 0 Å². The third kappa shape index (κ3) is 1.95. The van der Waals surface area contributed by atoms with E-state index in [-0.39, 0.29) is 15.8 Å². The van der Waals surface area contributed by atoms with Gasteiger partial charge in [-0.1, -0.05) is 40.9 Å². The molecule has 0 N–H and O–H groups in total. The summed E-state index contributed by atoms with van der Waals surface area (Å²) in [6.45, 7) is 1.85. The van der Waals surface area contributed by atoms with Gasteiger partial charge in [-0.05, 0) is 24.6 Å². The summed E-state index contributed by atoms with van der Waals surface area (Å²) in [5.74, 6) is -1.32. The minimum absolute atomic E-state index is 0.279. The average Bonchev–Trinajstić information content (AvgIpc) is 2.45. The summed E-state index contributed by atoms with van der Waals surface area (Å²) in [5, 5.41) is -0.274. The molecule has 1 aliphatic rings. The van der Waals surface area contributed by atoms with Gasteiger partial charge in [0.25, 0.3) is 11.8 Å². The summed E-state index contributed by atoms with van der Waals surface area (Å²) in [6.07, 6.45) is 0. The van der Waals surface area contributed by atoms with Gasteiger partial charge in [0.2, 0.25) is 0 Å². The highest BCUT2D eigenvalue weighted by Gasteiger charge is 2.38. The molecule has 2 rings (SSSR count). The first kappa shape index (κ1) is 12.4. The molecule has 0 saturated heterocycles. The predicted octanol–water partition coefficient (Wildman–Crippen LogP) is 3.21. The fourth-order valence-electron chi connectivity index (χ4n) is 1.49. The molecule has 6 heteroatoms. The van der Waals surface area contributed by atoms with Crippen molar-refractivity contribution in [1.82, 2.24) is 0 Å². The quantitative estimate of drug-likeness (QED) is 0.745. The zero-order valence-corrected chi connectivity index (χ0v) is 10.9. The topological polar surface area (TPSA) is 37.4 Å². The van der Waals surface area contributed by atoms with Gasteiger partial charge in [-0.15, -0.1) is 0 Å². The van der Waals surface area contributed by atoms with E-state index in [1.165, 1.54) is 0 Å². The summed E-state index contributed by atoms with van der Waals surface area (Å²) in [6, 6.07) is 4.96. The Kier molecular flexibility index (Phi) is 3.17. The lowest BCUT2D eigenvalue weighted by Crippen LogP contribution is -2.31. The van der Waals surface area contributed by atoms with Crippen molar-refractivity contribution in [2.45, 2.75) is 6.92 Å². The van der Waals surface area contributed by atoms with E-state index in [2.05, 4.69) is 0 Å². The Hall–Kier alpha value is -1.03. The molecule has 3 nitrogen and oxygen atoms in total. The summed E-state index contributed by atoms with van der Waals surface area (Å²) in [5.41, 5.74) is 1.20. The van der Waals surface area contributed by atoms with Crippen molar-refractivity contribution in [3.8, 4) is 0 Å². The zero-order valence-electron chi connectivity index (χ0n) is 8.63. The third-order valence-corrected chi connectivity index (χ3v) is 3.42. The van der Waals surface area contributed by atoms with Crippen molar-refractivity contribution in [3.63, 3.8) is 0 Å². The second kappa shape index (κ2) is 4.33. The maximum Gasteiger partial charge on any atom is 0.278 e. The highest BCUT2D eigenvalue weighted by Crippen LogP contribution is 2.35. The molecular formula is C11H6Cl3NO2. The molecule has 0 fully saturated rings. The first-order valence-corrected chi connectivity index (χ1v) is 5.77. The van der Waals surface area contributed by atoms with Crippen LogP contribution in [0.3, 0.4) is 0 Å². The van der Waals surface area contributed by atoms with E-state index >= 15 is 0 Å². The monoisotopic (exact) mass is 289 g/mol. The van der Waals surface area contributed by atoms with E-state index in [1.54, 1.807) is 18.2 Å². The smallest absolute Gasteiger partial charge is 0.267 e. The first-order chi connectivity index (χ1) is 7.93. The lowest BCUT2D eigenvalue weighted by atomic mass is 10.2. The van der Waals surface area contributed by atoms with Crippen LogP contribution in [0, 0.1) is 6.92 Å². The number of halogens is 3. The molecule has 0 bridgehead atoms. The van der Waals surface area contributed by atoms with Crippen molar-refractivity contribution in [2.75, 3.05) is 4.90 Å². The maximum atomic E-state index is 11.7. The standard InChI is InChI=1S/C11H6Cl3NO2/c1-5-2-3-7(6(12)4-5)15-10(16)8(13)9(14)11(15)17/h2-4H,1H3. The number of benzene rings is 1. The van der Waals surface area contributed by atoms with Crippen LogP contribution in [0.4, 0.5) is 5.69 Å². The maximum absolute atomic E-state index is 11.7. The number of anilines is 1. The molecule has 0 aliphatic carbocycles. The molecule has 2 amide bonds. The molecule has 0 atom stereocenters. The minimum Gasteiger partial charge on any atom is -0.267 e. The Morgan fingerprint density at radius 1 is 1.00 bits per heavy atom. The molecule has 1 aromatic carbocycles. The normalized spacial score (nSPS) is 16.1. The Labute approximate surface area is 113 Å². The van der Waals surface area contributed by atoms with Crippen LogP contribution in [-0.4, -0.2) is 11.8 Å². The van der Waals surface area contributed by atoms with E-state index in [4.69, 9.17) is 34.8 Å². The van der Waals surface area contributed by atoms with Crippen molar-refractivity contribution in [2.24, 2.45) is 0 Å². The number of amides is 2. The Balaban J connectivity index is 2.50. The van der Waals surface area contributed by atoms with Gasteiger partial charge in [0.05, 0.1) is 10.7 Å². The number of imide groups is 1. The van der Waals surface area contributed by atoms with E-state index in [9.17, 15) is 9.59 Å². The highest BCUT2D eigenvalue weighted by atomic mass is 35.5. The molecule has 17 heavy (non-hydrogen) atoms. The molecule has 0 aromatic heterocycles. The highest BCUT2D eigenvalue weighted by molar-refractivity contribution is 6.62. The summed E-state index contributed by atoms with van der Waals surface area (Å²) >= 11 is 17.2. The largest absolute Gasteiger partial charge is 0.278 e. The molecule has 1 aliphatic heterocycles. The predicted molar refractivity (Wildman–Crippen MR) is 67.4 cm³/mol. The van der Waals surface area contributed by atoms with Gasteiger partial charge in [0, 0.05) is 0 Å². The zero-order chi connectivity index (χ0) is 12.7. The van der Waals surface area contributed by atoms with Gasteiger partial charge in [-0.3, -0.25) is 9.59 Å². The van der Waals surface area contributed by atoms with Gasteiger partial charge in [0.1, 0.15) is 10.1 Å². The van der Waals surface area contributed by atoms with E-state index in [1.807, 2.05) is 6.92 Å². The fourth-order valence-corrected chi connectivity index (χ4v) is 2.14. The summed E-state index contributed by atoms with van der Waals surface area (Å²) in [4.78, 5) is 24.3. The van der Waals surface area contributed by atoms with Crippen LogP contribution in [-0.2, 0) is 9.59 Å².